The van der Waals surface area contributed by atoms with Crippen molar-refractivity contribution < 1.29 is 19.1 Å². The van der Waals surface area contributed by atoms with Crippen molar-refractivity contribution in [2.45, 2.75) is 103 Å². The van der Waals surface area contributed by atoms with Crippen LogP contribution in [0.2, 0.25) is 0 Å². The maximum absolute atomic E-state index is 12.0. The molecule has 1 aromatic rings. The van der Waals surface area contributed by atoms with E-state index in [0.717, 1.165) is 22.9 Å². The quantitative estimate of drug-likeness (QED) is 0.168. The largest absolute Gasteiger partial charge is 0.466 e. The van der Waals surface area contributed by atoms with Crippen LogP contribution in [0.15, 0.2) is 28.7 Å². The molecule has 1 atom stereocenters. The van der Waals surface area contributed by atoms with Gasteiger partial charge in [0, 0.05) is 17.3 Å². The number of carbonyl (C=O) groups is 2. The molecule has 0 saturated carbocycles. The highest BCUT2D eigenvalue weighted by atomic mass is 79.9. The van der Waals surface area contributed by atoms with E-state index >= 15 is 0 Å². The van der Waals surface area contributed by atoms with E-state index in [4.69, 9.17) is 9.47 Å². The second-order valence-corrected chi connectivity index (χ2v) is 8.86. The minimum Gasteiger partial charge on any atom is -0.466 e. The monoisotopic (exact) mass is 482 g/mol. The van der Waals surface area contributed by atoms with Gasteiger partial charge in [0.25, 0.3) is 0 Å². The van der Waals surface area contributed by atoms with Crippen molar-refractivity contribution in [3.05, 3.63) is 34.3 Å². The van der Waals surface area contributed by atoms with Gasteiger partial charge in [-0.05, 0) is 37.5 Å². The second kappa shape index (κ2) is 17.3. The van der Waals surface area contributed by atoms with Gasteiger partial charge in [-0.3, -0.25) is 9.59 Å². The number of halogens is 1. The summed E-state index contributed by atoms with van der Waals surface area (Å²) in [6.45, 7) is 4.58. The van der Waals surface area contributed by atoms with Crippen molar-refractivity contribution in [3.8, 4) is 0 Å². The molecule has 1 aromatic carbocycles. The zero-order valence-electron chi connectivity index (χ0n) is 18.8. The maximum Gasteiger partial charge on any atom is 0.306 e. The van der Waals surface area contributed by atoms with Gasteiger partial charge < -0.3 is 9.47 Å². The molecular formula is C25H39BrO4. The van der Waals surface area contributed by atoms with Crippen molar-refractivity contribution in [1.82, 2.24) is 0 Å². The molecule has 0 aliphatic heterocycles. The van der Waals surface area contributed by atoms with Gasteiger partial charge >= 0.3 is 11.9 Å². The zero-order valence-corrected chi connectivity index (χ0v) is 20.4. The maximum atomic E-state index is 12.0. The van der Waals surface area contributed by atoms with Crippen molar-refractivity contribution in [1.29, 1.82) is 0 Å². The number of esters is 2. The topological polar surface area (TPSA) is 52.6 Å². The number of ether oxygens (including phenoxy) is 2. The van der Waals surface area contributed by atoms with Gasteiger partial charge in [-0.1, -0.05) is 92.8 Å². The Morgan fingerprint density at radius 3 is 2.10 bits per heavy atom. The van der Waals surface area contributed by atoms with Crippen LogP contribution in [0.3, 0.4) is 0 Å². The summed E-state index contributed by atoms with van der Waals surface area (Å²) in [6.07, 6.45) is 13.2. The summed E-state index contributed by atoms with van der Waals surface area (Å²) < 4.78 is 11.6. The van der Waals surface area contributed by atoms with Crippen LogP contribution in [0, 0.1) is 0 Å². The standard InChI is InChI=1S/C25H39BrO4/c1-3-4-5-6-7-8-9-10-11-12-19-29-24(27)17-14-18-25(28)30-21(2)22-15-13-16-23(26)20-22/h13,15-16,20-21H,3-12,14,17-19H2,1-2H3. The first kappa shape index (κ1) is 26.7. The van der Waals surface area contributed by atoms with Crippen molar-refractivity contribution in [2.24, 2.45) is 0 Å². The summed E-state index contributed by atoms with van der Waals surface area (Å²) in [5.74, 6) is -0.510. The SMILES string of the molecule is CCCCCCCCCCCCOC(=O)CCCC(=O)OC(C)c1cccc(Br)c1. The molecule has 0 radical (unpaired) electrons. The van der Waals surface area contributed by atoms with Gasteiger partial charge in [0.15, 0.2) is 0 Å². The summed E-state index contributed by atoms with van der Waals surface area (Å²) in [4.78, 5) is 23.8. The Bertz CT molecular complexity index is 603. The van der Waals surface area contributed by atoms with E-state index < -0.39 is 0 Å². The number of carbonyl (C=O) groups excluding carboxylic acids is 2. The average molecular weight is 483 g/mol. The van der Waals surface area contributed by atoms with Crippen molar-refractivity contribution >= 4 is 27.9 Å². The molecule has 0 saturated heterocycles. The number of rotatable bonds is 17. The fourth-order valence-corrected chi connectivity index (χ4v) is 3.73. The highest BCUT2D eigenvalue weighted by Crippen LogP contribution is 2.21. The fourth-order valence-electron chi connectivity index (χ4n) is 3.31. The van der Waals surface area contributed by atoms with E-state index in [1.165, 1.54) is 51.4 Å². The van der Waals surface area contributed by atoms with Crippen LogP contribution >= 0.6 is 15.9 Å². The Morgan fingerprint density at radius 1 is 0.867 bits per heavy atom. The van der Waals surface area contributed by atoms with E-state index in [1.54, 1.807) is 0 Å². The molecule has 4 nitrogen and oxygen atoms in total. The number of hydrogen-bond donors (Lipinski definition) is 0. The third-order valence-corrected chi connectivity index (χ3v) is 5.64. The molecule has 0 heterocycles. The Labute approximate surface area is 191 Å². The summed E-state index contributed by atoms with van der Waals surface area (Å²) in [5, 5.41) is 0. The Morgan fingerprint density at radius 2 is 1.47 bits per heavy atom. The molecule has 0 N–H and O–H groups in total. The first-order valence-electron chi connectivity index (χ1n) is 11.6. The van der Waals surface area contributed by atoms with Crippen LogP contribution in [0.4, 0.5) is 0 Å². The molecule has 170 valence electrons. The smallest absolute Gasteiger partial charge is 0.306 e. The lowest BCUT2D eigenvalue weighted by Gasteiger charge is -2.14. The van der Waals surface area contributed by atoms with Gasteiger partial charge in [0.2, 0.25) is 0 Å². The van der Waals surface area contributed by atoms with E-state index in [9.17, 15) is 9.59 Å². The molecule has 1 rings (SSSR count). The first-order chi connectivity index (χ1) is 14.5. The van der Waals surface area contributed by atoms with Crippen LogP contribution in [0.25, 0.3) is 0 Å². The Balaban J connectivity index is 1.97. The molecule has 0 fully saturated rings. The minimum absolute atomic E-state index is 0.223. The molecule has 0 amide bonds. The third kappa shape index (κ3) is 13.8. The predicted octanol–water partition coefficient (Wildman–Crippen LogP) is 7.69. The van der Waals surface area contributed by atoms with E-state index in [0.29, 0.717) is 13.0 Å². The van der Waals surface area contributed by atoms with Crippen LogP contribution in [-0.2, 0) is 19.1 Å². The summed E-state index contributed by atoms with van der Waals surface area (Å²) in [7, 11) is 0. The summed E-state index contributed by atoms with van der Waals surface area (Å²) in [6, 6.07) is 7.70. The molecule has 5 heteroatoms. The predicted molar refractivity (Wildman–Crippen MR) is 125 cm³/mol. The minimum atomic E-state index is -0.307. The normalized spacial score (nSPS) is 11.8. The van der Waals surface area contributed by atoms with Gasteiger partial charge in [-0.25, -0.2) is 0 Å². The molecule has 30 heavy (non-hydrogen) atoms. The van der Waals surface area contributed by atoms with E-state index in [-0.39, 0.29) is 30.9 Å². The number of benzene rings is 1. The highest BCUT2D eigenvalue weighted by molar-refractivity contribution is 9.10. The Hall–Kier alpha value is -1.36. The van der Waals surface area contributed by atoms with Gasteiger partial charge in [-0.15, -0.1) is 0 Å². The lowest BCUT2D eigenvalue weighted by atomic mass is 10.1. The van der Waals surface area contributed by atoms with Crippen LogP contribution in [0.1, 0.15) is 109 Å². The summed E-state index contributed by atoms with van der Waals surface area (Å²) in [5.41, 5.74) is 0.939. The van der Waals surface area contributed by atoms with Gasteiger partial charge in [0.1, 0.15) is 6.10 Å². The van der Waals surface area contributed by atoms with Crippen LogP contribution in [0.5, 0.6) is 0 Å². The lowest BCUT2D eigenvalue weighted by molar-refractivity contribution is -0.149. The Kier molecular flexibility index (Phi) is 15.4. The van der Waals surface area contributed by atoms with Gasteiger partial charge in [0.05, 0.1) is 6.61 Å². The molecule has 0 bridgehead atoms. The second-order valence-electron chi connectivity index (χ2n) is 7.94. The molecular weight excluding hydrogens is 444 g/mol. The third-order valence-electron chi connectivity index (χ3n) is 5.15. The molecule has 0 aliphatic rings. The number of hydrogen-bond acceptors (Lipinski definition) is 4. The van der Waals surface area contributed by atoms with Crippen LogP contribution in [-0.4, -0.2) is 18.5 Å². The molecule has 0 aliphatic carbocycles. The first-order valence-corrected chi connectivity index (χ1v) is 12.4. The molecule has 1 unspecified atom stereocenters. The zero-order chi connectivity index (χ0) is 22.0. The molecule has 0 aromatic heterocycles. The average Bonchev–Trinajstić information content (AvgIpc) is 2.72. The van der Waals surface area contributed by atoms with E-state index in [1.807, 2.05) is 31.2 Å². The fraction of sp³-hybridized carbons (Fsp3) is 0.680. The number of unbranched alkanes of at least 4 members (excludes halogenated alkanes) is 9. The summed E-state index contributed by atoms with van der Waals surface area (Å²) >= 11 is 3.41. The van der Waals surface area contributed by atoms with Crippen molar-refractivity contribution in [2.75, 3.05) is 6.61 Å². The molecule has 0 spiro atoms. The lowest BCUT2D eigenvalue weighted by Crippen LogP contribution is -2.11. The van der Waals surface area contributed by atoms with Gasteiger partial charge in [-0.2, -0.15) is 0 Å². The highest BCUT2D eigenvalue weighted by Gasteiger charge is 2.13. The van der Waals surface area contributed by atoms with Crippen molar-refractivity contribution in [3.63, 3.8) is 0 Å². The van der Waals surface area contributed by atoms with E-state index in [2.05, 4.69) is 22.9 Å². The van der Waals surface area contributed by atoms with Crippen LogP contribution < -0.4 is 0 Å².